The summed E-state index contributed by atoms with van der Waals surface area (Å²) in [5, 5.41) is 79.0. The van der Waals surface area contributed by atoms with Gasteiger partial charge in [-0.05, 0) is 0 Å². The van der Waals surface area contributed by atoms with E-state index in [1.54, 1.807) is 0 Å². The molecule has 27 heavy (non-hydrogen) atoms. The topological polar surface area (TPSA) is 242 Å². The third-order valence-electron chi connectivity index (χ3n) is 3.62. The van der Waals surface area contributed by atoms with Crippen molar-refractivity contribution in [2.45, 2.75) is 23.6 Å². The number of nitrogens with zero attached hydrogens (tertiary/aromatic N) is 2. The van der Waals surface area contributed by atoms with E-state index < -0.39 is 69.1 Å². The molecule has 0 aliphatic rings. The summed E-state index contributed by atoms with van der Waals surface area (Å²) in [6.07, 6.45) is -6.42. The number of aliphatic hydroxyl groups excluding tert-OH is 3. The van der Waals surface area contributed by atoms with Crippen LogP contribution >= 0.6 is 0 Å². The van der Waals surface area contributed by atoms with Gasteiger partial charge in [-0.3, -0.25) is 29.8 Å². The predicted molar refractivity (Wildman–Crippen MR) is 81.4 cm³/mol. The zero-order chi connectivity index (χ0) is 21.2. The van der Waals surface area contributed by atoms with E-state index in [1.807, 2.05) is 0 Å². The van der Waals surface area contributed by atoms with Crippen LogP contribution in [-0.2, 0) is 4.79 Å². The molecule has 0 aliphatic heterocycles. The summed E-state index contributed by atoms with van der Waals surface area (Å²) in [6.45, 7) is -1.66. The Morgan fingerprint density at radius 1 is 1.04 bits per heavy atom. The maximum atomic E-state index is 12.4. The molecule has 14 nitrogen and oxygen atoms in total. The van der Waals surface area contributed by atoms with Crippen LogP contribution in [0.2, 0.25) is 0 Å². The number of hydrogen-bond donors (Lipinski definition) is 6. The Kier molecular flexibility index (Phi) is 6.39. The average Bonchev–Trinajstić information content (AvgIpc) is 2.64. The average molecular weight is 390 g/mol. The van der Waals surface area contributed by atoms with Crippen molar-refractivity contribution in [2.75, 3.05) is 6.61 Å². The van der Waals surface area contributed by atoms with Crippen LogP contribution in [0.1, 0.15) is 10.4 Å². The van der Waals surface area contributed by atoms with Gasteiger partial charge in [0.1, 0.15) is 12.2 Å². The molecule has 0 fully saturated rings. The minimum Gasteiger partial charge on any atom is -0.393 e. The number of aldehydes is 1. The molecular weight excluding hydrogens is 376 g/mol. The minimum absolute atomic E-state index is 0.486. The van der Waals surface area contributed by atoms with E-state index in [4.69, 9.17) is 0 Å². The highest BCUT2D eigenvalue weighted by Crippen LogP contribution is 2.28. The van der Waals surface area contributed by atoms with Crippen molar-refractivity contribution in [1.82, 2.24) is 0 Å². The molecule has 1 rings (SSSR count). The van der Waals surface area contributed by atoms with Crippen LogP contribution < -0.4 is 0 Å². The molecule has 3 unspecified atom stereocenters. The number of Topliss-reactive ketones (excluding diaryl/α,β-unsaturated/α-hetero) is 1. The largest absolute Gasteiger partial charge is 0.393 e. The molecule has 1 aromatic carbocycles. The number of carbonyl (C=O) groups is 2. The number of nitro benzene ring substituents is 2. The van der Waals surface area contributed by atoms with Gasteiger partial charge in [-0.1, -0.05) is 0 Å². The summed E-state index contributed by atoms with van der Waals surface area (Å²) in [6, 6.07) is 1.47. The molecule has 0 spiro atoms. The van der Waals surface area contributed by atoms with E-state index in [1.165, 1.54) is 0 Å². The van der Waals surface area contributed by atoms with Crippen molar-refractivity contribution in [2.24, 2.45) is 0 Å². The second kappa shape index (κ2) is 7.78. The fourth-order valence-corrected chi connectivity index (χ4v) is 2.05. The predicted octanol–water partition coefficient (Wildman–Crippen LogP) is -2.99. The van der Waals surface area contributed by atoms with Crippen LogP contribution in [0.4, 0.5) is 11.4 Å². The normalized spacial score (nSPS) is 16.1. The van der Waals surface area contributed by atoms with E-state index in [0.29, 0.717) is 18.2 Å². The lowest BCUT2D eigenvalue weighted by molar-refractivity contribution is -0.394. The molecule has 0 aliphatic carbocycles. The van der Waals surface area contributed by atoms with E-state index in [9.17, 15) is 60.5 Å². The van der Waals surface area contributed by atoms with Crippen LogP contribution in [0.3, 0.4) is 0 Å². The van der Waals surface area contributed by atoms with Gasteiger partial charge in [-0.2, -0.15) is 0 Å². The Labute approximate surface area is 148 Å². The van der Waals surface area contributed by atoms with Crippen molar-refractivity contribution in [1.29, 1.82) is 0 Å². The quantitative estimate of drug-likeness (QED) is 0.0812. The lowest BCUT2D eigenvalue weighted by Gasteiger charge is -2.35. The summed E-state index contributed by atoms with van der Waals surface area (Å²) in [7, 11) is 0. The Hall–Kier alpha value is -2.88. The molecule has 0 aromatic heterocycles. The van der Waals surface area contributed by atoms with E-state index in [2.05, 4.69) is 0 Å². The Balaban J connectivity index is 3.48. The maximum Gasteiger partial charge on any atom is 0.277 e. The summed E-state index contributed by atoms with van der Waals surface area (Å²) in [4.78, 5) is 42.5. The molecule has 148 valence electrons. The molecule has 14 heteroatoms. The van der Waals surface area contributed by atoms with Crippen LogP contribution in [0.15, 0.2) is 18.2 Å². The molecule has 0 saturated heterocycles. The van der Waals surface area contributed by atoms with Crippen molar-refractivity contribution in [3.8, 4) is 0 Å². The van der Waals surface area contributed by atoms with E-state index in [0.717, 1.165) is 0 Å². The Bertz CT molecular complexity index is 746. The SMILES string of the molecule is O=CC(O)(O)C(O)C(O)C(O)(CO)C(=O)c1cc([N+](=O)[O-])cc([N+](=O)[O-])c1. The van der Waals surface area contributed by atoms with Crippen LogP contribution in [0, 0.1) is 20.2 Å². The second-order valence-electron chi connectivity index (χ2n) is 5.45. The summed E-state index contributed by atoms with van der Waals surface area (Å²) >= 11 is 0. The van der Waals surface area contributed by atoms with Gasteiger partial charge in [-0.25, -0.2) is 0 Å². The first kappa shape index (κ1) is 22.2. The van der Waals surface area contributed by atoms with Crippen molar-refractivity contribution >= 4 is 23.4 Å². The standard InChI is InChI=1S/C13H14N2O12/c16-4-12(21,10(19)11(20)13(22,23)5-17)9(18)6-1-7(14(24)25)3-8(2-6)15(26)27/h1-3,5,10-11,16,19-23H,4H2. The molecule has 6 N–H and O–H groups in total. The number of aliphatic hydroxyl groups is 6. The maximum absolute atomic E-state index is 12.4. The number of rotatable bonds is 9. The molecule has 0 radical (unpaired) electrons. The number of ketones is 1. The van der Waals surface area contributed by atoms with Crippen LogP contribution in [-0.4, -0.2) is 82.8 Å². The van der Waals surface area contributed by atoms with Crippen molar-refractivity contribution in [3.05, 3.63) is 44.0 Å². The molecular formula is C13H14N2O12. The summed E-state index contributed by atoms with van der Waals surface area (Å²) < 4.78 is 0. The van der Waals surface area contributed by atoms with Gasteiger partial charge in [0.05, 0.1) is 22.5 Å². The lowest BCUT2D eigenvalue weighted by Crippen LogP contribution is -2.63. The third kappa shape index (κ3) is 4.27. The highest BCUT2D eigenvalue weighted by Gasteiger charge is 2.52. The second-order valence-corrected chi connectivity index (χ2v) is 5.45. The van der Waals surface area contributed by atoms with Crippen molar-refractivity contribution in [3.63, 3.8) is 0 Å². The first-order valence-corrected chi connectivity index (χ1v) is 6.91. The highest BCUT2D eigenvalue weighted by atomic mass is 16.6. The molecule has 0 bridgehead atoms. The zero-order valence-electron chi connectivity index (χ0n) is 13.2. The van der Waals surface area contributed by atoms with E-state index in [-0.39, 0.29) is 0 Å². The van der Waals surface area contributed by atoms with Gasteiger partial charge < -0.3 is 30.6 Å². The summed E-state index contributed by atoms with van der Waals surface area (Å²) in [5.74, 6) is -5.36. The van der Waals surface area contributed by atoms with Crippen molar-refractivity contribution < 1.29 is 50.1 Å². The fraction of sp³-hybridized carbons (Fsp3) is 0.385. The number of non-ortho nitro benzene ring substituents is 2. The first-order chi connectivity index (χ1) is 12.3. The van der Waals surface area contributed by atoms with Crippen LogP contribution in [0.25, 0.3) is 0 Å². The van der Waals surface area contributed by atoms with Gasteiger partial charge >= 0.3 is 0 Å². The van der Waals surface area contributed by atoms with Gasteiger partial charge in [-0.15, -0.1) is 0 Å². The number of nitro groups is 2. The minimum atomic E-state index is -3.63. The van der Waals surface area contributed by atoms with Gasteiger partial charge in [0.15, 0.2) is 17.7 Å². The monoisotopic (exact) mass is 390 g/mol. The van der Waals surface area contributed by atoms with Gasteiger partial charge in [0, 0.05) is 17.7 Å². The fourth-order valence-electron chi connectivity index (χ4n) is 2.05. The molecule has 0 saturated carbocycles. The smallest absolute Gasteiger partial charge is 0.277 e. The Morgan fingerprint density at radius 3 is 1.81 bits per heavy atom. The summed E-state index contributed by atoms with van der Waals surface area (Å²) in [5.41, 5.74) is -6.18. The lowest BCUT2D eigenvalue weighted by atomic mass is 9.83. The molecule has 3 atom stereocenters. The number of benzene rings is 1. The number of hydrogen-bond acceptors (Lipinski definition) is 12. The molecule has 0 heterocycles. The van der Waals surface area contributed by atoms with Crippen LogP contribution in [0.5, 0.6) is 0 Å². The first-order valence-electron chi connectivity index (χ1n) is 6.91. The molecule has 0 amide bonds. The zero-order valence-corrected chi connectivity index (χ0v) is 13.2. The van der Waals surface area contributed by atoms with Gasteiger partial charge in [0.25, 0.3) is 17.2 Å². The van der Waals surface area contributed by atoms with E-state index >= 15 is 0 Å². The Morgan fingerprint density at radius 2 is 1.48 bits per heavy atom. The number of carbonyl (C=O) groups excluding carboxylic acids is 2. The highest BCUT2D eigenvalue weighted by molar-refractivity contribution is 6.04. The third-order valence-corrected chi connectivity index (χ3v) is 3.62. The molecule has 1 aromatic rings. The van der Waals surface area contributed by atoms with Gasteiger partial charge in [0.2, 0.25) is 0 Å².